The number of amidine groups is 1. The van der Waals surface area contributed by atoms with Crippen molar-refractivity contribution in [2.24, 2.45) is 4.99 Å². The Bertz CT molecular complexity index is 3070. The smallest absolute Gasteiger partial charge is 0.136 e. The monoisotopic (exact) mass is 695 g/mol. The summed E-state index contributed by atoms with van der Waals surface area (Å²) in [5, 5.41) is 14.4. The second kappa shape index (κ2) is 12.3. The van der Waals surface area contributed by atoms with Gasteiger partial charge in [-0.25, -0.2) is 4.99 Å². The van der Waals surface area contributed by atoms with Crippen LogP contribution in [0, 0.1) is 0 Å². The molecular weight excluding hydrogens is 663 g/mol. The molecule has 3 heterocycles. The Hall–Kier alpha value is -6.95. The molecule has 8 aromatic carbocycles. The highest BCUT2D eigenvalue weighted by molar-refractivity contribution is 6.14. The number of fused-ring (bicyclic) bond motifs is 7. The zero-order valence-electron chi connectivity index (χ0n) is 29.2. The zero-order chi connectivity index (χ0) is 35.6. The Morgan fingerprint density at radius 2 is 1.09 bits per heavy atom. The van der Waals surface area contributed by atoms with E-state index >= 15 is 0 Å². The van der Waals surface area contributed by atoms with Gasteiger partial charge in [0, 0.05) is 27.1 Å². The van der Waals surface area contributed by atoms with E-state index in [-0.39, 0.29) is 12.3 Å². The first-order valence-corrected chi connectivity index (χ1v) is 18.3. The van der Waals surface area contributed by atoms with Gasteiger partial charge in [-0.1, -0.05) is 127 Å². The van der Waals surface area contributed by atoms with Crippen LogP contribution in [0.1, 0.15) is 29.0 Å². The lowest BCUT2D eigenvalue weighted by Gasteiger charge is -2.32. The van der Waals surface area contributed by atoms with Gasteiger partial charge in [0.25, 0.3) is 0 Å². The van der Waals surface area contributed by atoms with Gasteiger partial charge >= 0.3 is 0 Å². The first-order valence-electron chi connectivity index (χ1n) is 18.3. The molecule has 0 bridgehead atoms. The molecule has 2 N–H and O–H groups in total. The van der Waals surface area contributed by atoms with E-state index in [1.54, 1.807) is 0 Å². The molecule has 0 aliphatic carbocycles. The summed E-state index contributed by atoms with van der Waals surface area (Å²) in [5.74, 6) is 0.829. The fourth-order valence-electron chi connectivity index (χ4n) is 8.03. The highest BCUT2D eigenvalue weighted by Crippen LogP contribution is 2.40. The Kier molecular flexibility index (Phi) is 7.00. The maximum Gasteiger partial charge on any atom is 0.136 e. The summed E-state index contributed by atoms with van der Waals surface area (Å²) in [7, 11) is 0. The van der Waals surface area contributed by atoms with E-state index < -0.39 is 0 Å². The lowest BCUT2D eigenvalue weighted by molar-refractivity contribution is 0.409. The van der Waals surface area contributed by atoms with Crippen LogP contribution in [0.4, 0.5) is 0 Å². The van der Waals surface area contributed by atoms with Crippen molar-refractivity contribution in [2.45, 2.75) is 12.3 Å². The summed E-state index contributed by atoms with van der Waals surface area (Å²) in [4.78, 5) is 5.29. The van der Waals surface area contributed by atoms with E-state index in [0.717, 1.165) is 88.7 Å². The van der Waals surface area contributed by atoms with E-state index in [0.29, 0.717) is 0 Å². The van der Waals surface area contributed by atoms with Crippen molar-refractivity contribution in [3.05, 3.63) is 193 Å². The number of furan rings is 2. The number of rotatable bonds is 5. The van der Waals surface area contributed by atoms with Crippen LogP contribution in [0.5, 0.6) is 0 Å². The topological polar surface area (TPSA) is 62.7 Å². The van der Waals surface area contributed by atoms with Crippen LogP contribution in [-0.2, 0) is 0 Å². The van der Waals surface area contributed by atoms with Crippen LogP contribution in [0.3, 0.4) is 0 Å². The van der Waals surface area contributed by atoms with Gasteiger partial charge in [-0.2, -0.15) is 0 Å². The predicted molar refractivity (Wildman–Crippen MR) is 221 cm³/mol. The minimum Gasteiger partial charge on any atom is -0.456 e. The molecule has 5 nitrogen and oxygen atoms in total. The fraction of sp³-hybridized carbons (Fsp3) is 0.0408. The molecule has 11 rings (SSSR count). The van der Waals surface area contributed by atoms with Crippen LogP contribution in [0.25, 0.3) is 76.9 Å². The molecule has 2 unspecified atom stereocenters. The number of nitrogens with zero attached hydrogens (tertiary/aromatic N) is 1. The van der Waals surface area contributed by atoms with Gasteiger partial charge in [0.15, 0.2) is 0 Å². The SMILES string of the molecule is c1ccc(-c2cc(-c3ccc(C4NC(c5ccc6oc7ccccc7c6c5)=NC(c5ccc6ccccc6c5)N4)cc3)c3c(c2)oc2ccccc23)cc1. The molecular formula is C49H33N3O2. The molecule has 5 heteroatoms. The van der Waals surface area contributed by atoms with Crippen LogP contribution in [-0.4, -0.2) is 5.84 Å². The number of hydrogen-bond acceptors (Lipinski definition) is 5. The number of benzene rings is 8. The van der Waals surface area contributed by atoms with Crippen LogP contribution in [0.15, 0.2) is 190 Å². The molecule has 54 heavy (non-hydrogen) atoms. The molecule has 2 aromatic heterocycles. The molecule has 0 spiro atoms. The third-order valence-electron chi connectivity index (χ3n) is 10.7. The molecule has 0 fully saturated rings. The molecule has 0 amide bonds. The molecule has 0 saturated carbocycles. The summed E-state index contributed by atoms with van der Waals surface area (Å²) >= 11 is 0. The van der Waals surface area contributed by atoms with Gasteiger partial charge in [0.1, 0.15) is 40.5 Å². The van der Waals surface area contributed by atoms with Gasteiger partial charge in [0.05, 0.1) is 0 Å². The average Bonchev–Trinajstić information content (AvgIpc) is 3.81. The first-order chi connectivity index (χ1) is 26.7. The standard InChI is InChI=1S/C49H33N3O2/c1-2-10-30(11-3-1)37-28-40(46-39-15-7-9-17-43(39)54-45(46)29-37)32-19-21-33(22-20-32)47-50-48(35-23-18-31-12-4-5-13-34(31)26-35)52-49(51-47)36-24-25-44-41(27-36)38-14-6-8-16-42(38)53-44/h1-29,47-48,50H,(H,51,52). The molecule has 1 aliphatic heterocycles. The molecule has 1 aliphatic rings. The third kappa shape index (κ3) is 5.17. The van der Waals surface area contributed by atoms with Crippen molar-refractivity contribution in [1.29, 1.82) is 0 Å². The maximum absolute atomic E-state index is 6.44. The minimum atomic E-state index is -0.271. The summed E-state index contributed by atoms with van der Waals surface area (Å²) in [6, 6.07) is 61.7. The van der Waals surface area contributed by atoms with E-state index in [1.807, 2.05) is 24.3 Å². The van der Waals surface area contributed by atoms with Crippen molar-refractivity contribution in [2.75, 3.05) is 0 Å². The molecule has 0 radical (unpaired) electrons. The summed E-state index contributed by atoms with van der Waals surface area (Å²) < 4.78 is 12.6. The second-order valence-electron chi connectivity index (χ2n) is 14.0. The highest BCUT2D eigenvalue weighted by Gasteiger charge is 2.26. The summed E-state index contributed by atoms with van der Waals surface area (Å²) in [5.41, 5.74) is 11.3. The van der Waals surface area contributed by atoms with Gasteiger partial charge in [-0.3, -0.25) is 5.32 Å². The minimum absolute atomic E-state index is 0.203. The number of aliphatic imine (C=N–C) groups is 1. The van der Waals surface area contributed by atoms with Gasteiger partial charge in [-0.15, -0.1) is 0 Å². The Balaban J connectivity index is 1.01. The van der Waals surface area contributed by atoms with E-state index in [9.17, 15) is 0 Å². The van der Waals surface area contributed by atoms with Gasteiger partial charge in [0.2, 0.25) is 0 Å². The summed E-state index contributed by atoms with van der Waals surface area (Å²) in [6.45, 7) is 0. The van der Waals surface area contributed by atoms with Crippen LogP contribution in [0.2, 0.25) is 0 Å². The van der Waals surface area contributed by atoms with Crippen LogP contribution >= 0.6 is 0 Å². The van der Waals surface area contributed by atoms with Crippen molar-refractivity contribution in [1.82, 2.24) is 10.6 Å². The largest absolute Gasteiger partial charge is 0.456 e. The second-order valence-corrected chi connectivity index (χ2v) is 14.0. The third-order valence-corrected chi connectivity index (χ3v) is 10.7. The molecule has 256 valence electrons. The fourth-order valence-corrected chi connectivity index (χ4v) is 8.03. The van der Waals surface area contributed by atoms with Crippen LogP contribution < -0.4 is 10.6 Å². The normalized spacial score (nSPS) is 16.0. The lowest BCUT2D eigenvalue weighted by atomic mass is 9.93. The Morgan fingerprint density at radius 3 is 1.94 bits per heavy atom. The van der Waals surface area contributed by atoms with E-state index in [4.69, 9.17) is 13.8 Å². The molecule has 0 saturated heterocycles. The lowest BCUT2D eigenvalue weighted by Crippen LogP contribution is -2.44. The Morgan fingerprint density at radius 1 is 0.426 bits per heavy atom. The molecule has 2 atom stereocenters. The maximum atomic E-state index is 6.44. The van der Waals surface area contributed by atoms with Crippen molar-refractivity contribution in [3.63, 3.8) is 0 Å². The zero-order valence-corrected chi connectivity index (χ0v) is 29.2. The Labute approximate surface area is 311 Å². The quantitative estimate of drug-likeness (QED) is 0.188. The number of nitrogens with one attached hydrogen (secondary N) is 2. The number of hydrogen-bond donors (Lipinski definition) is 2. The van der Waals surface area contributed by atoms with Crippen molar-refractivity contribution < 1.29 is 8.83 Å². The predicted octanol–water partition coefficient (Wildman–Crippen LogP) is 12.3. The van der Waals surface area contributed by atoms with Gasteiger partial charge < -0.3 is 14.2 Å². The number of para-hydroxylation sites is 2. The summed E-state index contributed by atoms with van der Waals surface area (Å²) in [6.07, 6.45) is -0.475. The van der Waals surface area contributed by atoms with Gasteiger partial charge in [-0.05, 0) is 92.7 Å². The first kappa shape index (κ1) is 30.7. The van der Waals surface area contributed by atoms with Crippen molar-refractivity contribution >= 4 is 60.5 Å². The average molecular weight is 696 g/mol. The van der Waals surface area contributed by atoms with E-state index in [1.165, 1.54) is 10.8 Å². The van der Waals surface area contributed by atoms with Crippen molar-refractivity contribution in [3.8, 4) is 22.3 Å². The molecule has 10 aromatic rings. The highest BCUT2D eigenvalue weighted by atomic mass is 16.3. The van der Waals surface area contributed by atoms with E-state index in [2.05, 4.69) is 162 Å².